The van der Waals surface area contributed by atoms with Crippen LogP contribution in [-0.2, 0) is 24.3 Å². The van der Waals surface area contributed by atoms with E-state index in [4.69, 9.17) is 10.00 Å². The molecule has 1 amide bonds. The molecular formula is C15H19N3O5S. The van der Waals surface area contributed by atoms with Crippen LogP contribution in [0.15, 0.2) is 24.3 Å². The predicted molar refractivity (Wildman–Crippen MR) is 87.6 cm³/mol. The smallest absolute Gasteiger partial charge is 0.327 e. The fourth-order valence-corrected chi connectivity index (χ4v) is 2.74. The maximum atomic E-state index is 11.9. The highest BCUT2D eigenvalue weighted by atomic mass is 32.2. The van der Waals surface area contributed by atoms with E-state index in [0.29, 0.717) is 11.3 Å². The number of nitrogens with zero attached hydrogens (tertiary/aromatic N) is 2. The number of benzene rings is 1. The number of amides is 1. The summed E-state index contributed by atoms with van der Waals surface area (Å²) in [6.45, 7) is 0.817. The normalized spacial score (nSPS) is 10.5. The van der Waals surface area contributed by atoms with Gasteiger partial charge in [-0.15, -0.1) is 0 Å². The van der Waals surface area contributed by atoms with Gasteiger partial charge >= 0.3 is 5.97 Å². The Bertz CT molecular complexity index is 740. The fourth-order valence-electron chi connectivity index (χ4n) is 1.84. The number of hydrogen-bond acceptors (Lipinski definition) is 6. The molecule has 1 N–H and O–H groups in total. The second kappa shape index (κ2) is 8.88. The first-order chi connectivity index (χ1) is 11.3. The summed E-state index contributed by atoms with van der Waals surface area (Å²) in [5, 5.41) is 10.7. The molecule has 0 spiro atoms. The highest BCUT2D eigenvalue weighted by Crippen LogP contribution is 2.21. The number of nitrogens with one attached hydrogen (secondary N) is 1. The first-order valence-corrected chi connectivity index (χ1v) is 8.93. The number of nitriles is 1. The molecule has 0 aliphatic carbocycles. The van der Waals surface area contributed by atoms with E-state index in [1.807, 2.05) is 6.07 Å². The molecule has 9 heteroatoms. The van der Waals surface area contributed by atoms with Crippen molar-refractivity contribution in [2.24, 2.45) is 0 Å². The Morgan fingerprint density at radius 3 is 2.58 bits per heavy atom. The van der Waals surface area contributed by atoms with Gasteiger partial charge in [0.15, 0.2) is 6.61 Å². The first-order valence-electron chi connectivity index (χ1n) is 7.08. The summed E-state index contributed by atoms with van der Waals surface area (Å²) in [4.78, 5) is 23.3. The van der Waals surface area contributed by atoms with Crippen LogP contribution in [0.3, 0.4) is 0 Å². The van der Waals surface area contributed by atoms with Crippen LogP contribution in [0, 0.1) is 18.3 Å². The third-order valence-electron chi connectivity index (χ3n) is 2.98. The average molecular weight is 353 g/mol. The molecule has 0 aliphatic rings. The summed E-state index contributed by atoms with van der Waals surface area (Å²) in [6.07, 6.45) is 1.14. The Morgan fingerprint density at radius 2 is 2.00 bits per heavy atom. The Morgan fingerprint density at radius 1 is 1.33 bits per heavy atom. The first kappa shape index (κ1) is 19.4. The Kier molecular flexibility index (Phi) is 7.20. The molecule has 0 heterocycles. The lowest BCUT2D eigenvalue weighted by Crippen LogP contribution is -2.37. The largest absolute Gasteiger partial charge is 0.454 e. The number of para-hydroxylation sites is 1. The molecule has 0 aliphatic heterocycles. The van der Waals surface area contributed by atoms with Gasteiger partial charge in [-0.1, -0.05) is 18.2 Å². The van der Waals surface area contributed by atoms with E-state index in [-0.39, 0.29) is 13.0 Å². The molecular weight excluding hydrogens is 334 g/mol. The van der Waals surface area contributed by atoms with Crippen LogP contribution in [0.25, 0.3) is 0 Å². The summed E-state index contributed by atoms with van der Waals surface area (Å²) in [7, 11) is -3.70. The topological polar surface area (TPSA) is 117 Å². The monoisotopic (exact) mass is 353 g/mol. The van der Waals surface area contributed by atoms with Gasteiger partial charge in [0, 0.05) is 6.54 Å². The zero-order chi connectivity index (χ0) is 18.2. The van der Waals surface area contributed by atoms with Crippen molar-refractivity contribution < 1.29 is 22.7 Å². The quantitative estimate of drug-likeness (QED) is 0.532. The van der Waals surface area contributed by atoms with Gasteiger partial charge in [-0.3, -0.25) is 13.9 Å². The molecule has 0 saturated heterocycles. The SMILES string of the molecule is Cc1ccccc1N(CC(=O)OCC(=O)NCCC#N)S(C)(=O)=O. The molecule has 24 heavy (non-hydrogen) atoms. The number of sulfonamides is 1. The zero-order valence-electron chi connectivity index (χ0n) is 13.5. The van der Waals surface area contributed by atoms with Crippen LogP contribution in [0.5, 0.6) is 0 Å². The van der Waals surface area contributed by atoms with Crippen LogP contribution in [-0.4, -0.2) is 46.2 Å². The molecule has 0 radical (unpaired) electrons. The standard InChI is InChI=1S/C15H19N3O5S/c1-12-6-3-4-7-13(12)18(24(2,21)22)10-15(20)23-11-14(19)17-9-5-8-16/h3-4,6-7H,5,9-11H2,1-2H3,(H,17,19). The van der Waals surface area contributed by atoms with E-state index in [0.717, 1.165) is 10.6 Å². The highest BCUT2D eigenvalue weighted by molar-refractivity contribution is 7.92. The van der Waals surface area contributed by atoms with Gasteiger partial charge in [-0.25, -0.2) is 8.42 Å². The van der Waals surface area contributed by atoms with Crippen molar-refractivity contribution in [2.45, 2.75) is 13.3 Å². The maximum absolute atomic E-state index is 11.9. The van der Waals surface area contributed by atoms with Gasteiger partial charge in [-0.2, -0.15) is 5.26 Å². The summed E-state index contributed by atoms with van der Waals surface area (Å²) >= 11 is 0. The van der Waals surface area contributed by atoms with E-state index in [9.17, 15) is 18.0 Å². The van der Waals surface area contributed by atoms with Crippen molar-refractivity contribution in [3.8, 4) is 6.07 Å². The summed E-state index contributed by atoms with van der Waals surface area (Å²) < 4.78 is 29.6. The third-order valence-corrected chi connectivity index (χ3v) is 4.11. The Hall–Kier alpha value is -2.60. The van der Waals surface area contributed by atoms with E-state index < -0.39 is 35.1 Å². The van der Waals surface area contributed by atoms with Gasteiger partial charge in [0.1, 0.15) is 6.54 Å². The molecule has 1 rings (SSSR count). The van der Waals surface area contributed by atoms with Crippen LogP contribution in [0.2, 0.25) is 0 Å². The van der Waals surface area contributed by atoms with E-state index in [1.165, 1.54) is 0 Å². The number of hydrogen-bond donors (Lipinski definition) is 1. The lowest BCUT2D eigenvalue weighted by molar-refractivity contribution is -0.146. The van der Waals surface area contributed by atoms with Gasteiger partial charge < -0.3 is 10.1 Å². The molecule has 130 valence electrons. The predicted octanol–water partition coefficient (Wildman–Crippen LogP) is 0.334. The number of anilines is 1. The van der Waals surface area contributed by atoms with Crippen LogP contribution >= 0.6 is 0 Å². The Balaban J connectivity index is 2.69. The summed E-state index contributed by atoms with van der Waals surface area (Å²) in [5.74, 6) is -1.40. The average Bonchev–Trinajstić information content (AvgIpc) is 2.51. The minimum atomic E-state index is -3.70. The van der Waals surface area contributed by atoms with E-state index >= 15 is 0 Å². The van der Waals surface area contributed by atoms with Crippen molar-refractivity contribution in [1.82, 2.24) is 5.32 Å². The number of carbonyl (C=O) groups is 2. The summed E-state index contributed by atoms with van der Waals surface area (Å²) in [6, 6.07) is 8.58. The van der Waals surface area contributed by atoms with Crippen molar-refractivity contribution in [2.75, 3.05) is 30.3 Å². The third kappa shape index (κ3) is 6.26. The maximum Gasteiger partial charge on any atom is 0.327 e. The van der Waals surface area contributed by atoms with Gasteiger partial charge in [0.2, 0.25) is 10.0 Å². The number of esters is 1. The molecule has 0 atom stereocenters. The molecule has 0 aromatic heterocycles. The van der Waals surface area contributed by atoms with Crippen molar-refractivity contribution in [3.63, 3.8) is 0 Å². The van der Waals surface area contributed by atoms with Crippen molar-refractivity contribution >= 4 is 27.6 Å². The van der Waals surface area contributed by atoms with Gasteiger partial charge in [0.05, 0.1) is 24.4 Å². The van der Waals surface area contributed by atoms with Crippen LogP contribution in [0.1, 0.15) is 12.0 Å². The number of aryl methyl sites for hydroxylation is 1. The van der Waals surface area contributed by atoms with Gasteiger partial charge in [-0.05, 0) is 18.6 Å². The molecule has 0 bridgehead atoms. The molecule has 0 unspecified atom stereocenters. The second-order valence-corrected chi connectivity index (χ2v) is 6.88. The number of rotatable bonds is 8. The molecule has 0 saturated carbocycles. The van der Waals surface area contributed by atoms with Gasteiger partial charge in [0.25, 0.3) is 5.91 Å². The highest BCUT2D eigenvalue weighted by Gasteiger charge is 2.23. The summed E-state index contributed by atoms with van der Waals surface area (Å²) in [5.41, 5.74) is 1.06. The Labute approximate surface area is 141 Å². The fraction of sp³-hybridized carbons (Fsp3) is 0.400. The van der Waals surface area contributed by atoms with E-state index in [2.05, 4.69) is 5.32 Å². The minimum Gasteiger partial charge on any atom is -0.454 e. The van der Waals surface area contributed by atoms with Crippen molar-refractivity contribution in [1.29, 1.82) is 5.26 Å². The second-order valence-electron chi connectivity index (χ2n) is 4.97. The number of ether oxygens (including phenoxy) is 1. The van der Waals surface area contributed by atoms with E-state index in [1.54, 1.807) is 31.2 Å². The lowest BCUT2D eigenvalue weighted by atomic mass is 10.2. The molecule has 1 aromatic carbocycles. The minimum absolute atomic E-state index is 0.148. The number of carbonyl (C=O) groups excluding carboxylic acids is 2. The lowest BCUT2D eigenvalue weighted by Gasteiger charge is -2.23. The van der Waals surface area contributed by atoms with Crippen LogP contribution < -0.4 is 9.62 Å². The van der Waals surface area contributed by atoms with Crippen molar-refractivity contribution in [3.05, 3.63) is 29.8 Å². The zero-order valence-corrected chi connectivity index (χ0v) is 14.3. The van der Waals surface area contributed by atoms with Crippen LogP contribution in [0.4, 0.5) is 5.69 Å². The molecule has 8 nitrogen and oxygen atoms in total. The molecule has 0 fully saturated rings. The molecule has 1 aromatic rings.